The van der Waals surface area contributed by atoms with Crippen LogP contribution in [0.1, 0.15) is 37.9 Å². The molecule has 1 N–H and O–H groups in total. The first kappa shape index (κ1) is 22.6. The monoisotopic (exact) mass is 424 g/mol. The number of rotatable bonds is 7. The van der Waals surface area contributed by atoms with Crippen LogP contribution in [0.4, 0.5) is 39.5 Å². The van der Waals surface area contributed by atoms with Gasteiger partial charge in [0.2, 0.25) is 0 Å². The molecule has 2 nitrogen and oxygen atoms in total. The number of hydrogen-bond acceptors (Lipinski definition) is 2. The Morgan fingerprint density at radius 2 is 1.29 bits per heavy atom. The lowest BCUT2D eigenvalue weighted by Gasteiger charge is -2.32. The summed E-state index contributed by atoms with van der Waals surface area (Å²) in [4.78, 5) is 0. The van der Waals surface area contributed by atoms with E-state index in [9.17, 15) is 44.6 Å². The van der Waals surface area contributed by atoms with Crippen molar-refractivity contribution in [3.8, 4) is 5.75 Å². The molecule has 1 saturated carbocycles. The number of benzene rings is 1. The van der Waals surface area contributed by atoms with E-state index in [2.05, 4.69) is 0 Å². The molecular formula is C17H17F9O2. The van der Waals surface area contributed by atoms with E-state index in [0.717, 1.165) is 18.6 Å². The molecule has 1 fully saturated rings. The van der Waals surface area contributed by atoms with Crippen LogP contribution in [0, 0.1) is 0 Å². The normalized spacial score (nSPS) is 24.7. The number of hydrogen-bond donors (Lipinski definition) is 1. The Bertz CT molecular complexity index is 662. The van der Waals surface area contributed by atoms with Crippen LogP contribution < -0.4 is 4.74 Å². The molecule has 0 saturated heterocycles. The Hall–Kier alpha value is -1.65. The second-order valence-corrected chi connectivity index (χ2v) is 6.59. The van der Waals surface area contributed by atoms with Gasteiger partial charge in [0.1, 0.15) is 5.75 Å². The molecule has 0 radical (unpaired) electrons. The van der Waals surface area contributed by atoms with Gasteiger partial charge in [0.05, 0.1) is 12.7 Å². The highest BCUT2D eigenvalue weighted by atomic mass is 19.4. The Balaban J connectivity index is 2.28. The van der Waals surface area contributed by atoms with E-state index in [1.807, 2.05) is 6.92 Å². The van der Waals surface area contributed by atoms with Crippen molar-refractivity contribution in [3.05, 3.63) is 29.8 Å². The smallest absolute Gasteiger partial charge is 0.381 e. The largest absolute Gasteiger partial charge is 0.494 e. The number of aliphatic hydroxyl groups excluding tert-OH is 1. The lowest BCUT2D eigenvalue weighted by Crippen LogP contribution is -2.55. The van der Waals surface area contributed by atoms with E-state index in [1.165, 1.54) is 12.1 Å². The van der Waals surface area contributed by atoms with Crippen molar-refractivity contribution in [3.63, 3.8) is 0 Å². The molecule has 11 heteroatoms. The van der Waals surface area contributed by atoms with Crippen molar-refractivity contribution in [1.29, 1.82) is 0 Å². The number of alkyl halides is 9. The zero-order chi connectivity index (χ0) is 21.6. The van der Waals surface area contributed by atoms with Crippen molar-refractivity contribution < 1.29 is 49.4 Å². The van der Waals surface area contributed by atoms with Gasteiger partial charge in [0, 0.05) is 6.42 Å². The van der Waals surface area contributed by atoms with Gasteiger partial charge in [-0.1, -0.05) is 25.5 Å². The number of aliphatic hydroxyl groups is 1. The molecule has 1 atom stereocenters. The van der Waals surface area contributed by atoms with Crippen LogP contribution in [0.2, 0.25) is 0 Å². The molecule has 1 unspecified atom stereocenters. The molecule has 28 heavy (non-hydrogen) atoms. The molecule has 1 aromatic carbocycles. The van der Waals surface area contributed by atoms with Crippen molar-refractivity contribution in [2.75, 3.05) is 6.61 Å². The van der Waals surface area contributed by atoms with Crippen molar-refractivity contribution in [1.82, 2.24) is 0 Å². The molecule has 0 heterocycles. The molecule has 0 amide bonds. The first-order chi connectivity index (χ1) is 12.7. The zero-order valence-corrected chi connectivity index (χ0v) is 14.5. The van der Waals surface area contributed by atoms with E-state index in [-0.39, 0.29) is 5.75 Å². The Kier molecular flexibility index (Phi) is 5.66. The summed E-state index contributed by atoms with van der Waals surface area (Å²) < 4.78 is 127. The second kappa shape index (κ2) is 7.00. The van der Waals surface area contributed by atoms with Gasteiger partial charge >= 0.3 is 23.7 Å². The van der Waals surface area contributed by atoms with Gasteiger partial charge in [-0.2, -0.15) is 35.1 Å². The van der Waals surface area contributed by atoms with E-state index in [1.54, 1.807) is 0 Å². The first-order valence-corrected chi connectivity index (χ1v) is 8.28. The molecule has 0 bridgehead atoms. The molecule has 1 aliphatic rings. The molecular weight excluding hydrogens is 407 g/mol. The molecule has 1 aromatic rings. The lowest BCUT2D eigenvalue weighted by molar-refractivity contribution is -0.303. The number of unbranched alkanes of at least 4 members (excludes halogenated alkanes) is 1. The van der Waals surface area contributed by atoms with Crippen LogP contribution in [0.25, 0.3) is 0 Å². The second-order valence-electron chi connectivity index (χ2n) is 6.59. The quantitative estimate of drug-likeness (QED) is 0.459. The fourth-order valence-corrected chi connectivity index (χ4v) is 2.85. The third-order valence-corrected chi connectivity index (χ3v) is 4.68. The lowest BCUT2D eigenvalue weighted by atomic mass is 9.88. The van der Waals surface area contributed by atoms with Crippen LogP contribution in [0.15, 0.2) is 24.3 Å². The van der Waals surface area contributed by atoms with Crippen LogP contribution in [-0.2, 0) is 0 Å². The fraction of sp³-hybridized carbons (Fsp3) is 0.647. The molecule has 0 aliphatic heterocycles. The average molecular weight is 424 g/mol. The Morgan fingerprint density at radius 1 is 0.821 bits per heavy atom. The van der Waals surface area contributed by atoms with Crippen molar-refractivity contribution in [2.24, 2.45) is 0 Å². The SMILES string of the molecule is CCCCOc1ccc(C(O)CC2(F)C(F)(F)C(F)(F)C(F)(F)C2(F)F)cc1. The third kappa shape index (κ3) is 2.93. The van der Waals surface area contributed by atoms with Gasteiger partial charge in [0.15, 0.2) is 0 Å². The Labute approximate surface area is 154 Å². The Morgan fingerprint density at radius 3 is 1.71 bits per heavy atom. The van der Waals surface area contributed by atoms with Crippen molar-refractivity contribution >= 4 is 0 Å². The molecule has 1 aliphatic carbocycles. The fourth-order valence-electron chi connectivity index (χ4n) is 2.85. The van der Waals surface area contributed by atoms with E-state index < -0.39 is 47.4 Å². The van der Waals surface area contributed by atoms with Crippen LogP contribution >= 0.6 is 0 Å². The van der Waals surface area contributed by atoms with Gasteiger partial charge < -0.3 is 9.84 Å². The number of ether oxygens (including phenoxy) is 1. The highest BCUT2D eigenvalue weighted by molar-refractivity contribution is 5.31. The topological polar surface area (TPSA) is 29.5 Å². The van der Waals surface area contributed by atoms with Gasteiger partial charge in [0.25, 0.3) is 5.67 Å². The average Bonchev–Trinajstić information content (AvgIpc) is 2.65. The van der Waals surface area contributed by atoms with Gasteiger partial charge in [-0.3, -0.25) is 0 Å². The summed E-state index contributed by atoms with van der Waals surface area (Å²) in [5, 5.41) is 9.82. The zero-order valence-electron chi connectivity index (χ0n) is 14.5. The summed E-state index contributed by atoms with van der Waals surface area (Å²) in [5.74, 6) is -25.9. The highest BCUT2D eigenvalue weighted by Gasteiger charge is 3.00. The summed E-state index contributed by atoms with van der Waals surface area (Å²) in [7, 11) is 0. The van der Waals surface area contributed by atoms with Crippen LogP contribution in [0.3, 0.4) is 0 Å². The predicted octanol–water partition coefficient (Wildman–Crippen LogP) is 5.55. The van der Waals surface area contributed by atoms with Gasteiger partial charge in [-0.25, -0.2) is 4.39 Å². The first-order valence-electron chi connectivity index (χ1n) is 8.28. The minimum atomic E-state index is -6.64. The van der Waals surface area contributed by atoms with Crippen molar-refractivity contribution in [2.45, 2.75) is 61.6 Å². The molecule has 160 valence electrons. The van der Waals surface area contributed by atoms with E-state index in [4.69, 9.17) is 4.74 Å². The summed E-state index contributed by atoms with van der Waals surface area (Å²) in [6.07, 6.45) is -3.31. The molecule has 0 aromatic heterocycles. The van der Waals surface area contributed by atoms with Crippen LogP contribution in [0.5, 0.6) is 5.75 Å². The summed E-state index contributed by atoms with van der Waals surface area (Å²) in [5.41, 5.74) is -6.09. The molecule has 0 spiro atoms. The standard InChI is InChI=1S/C17H17F9O2/c1-2-3-8-28-11-6-4-10(5-7-11)12(27)9-13(18)14(19,20)16(23,24)17(25,26)15(13,21)22/h4-7,12,27H,2-3,8-9H2,1H3. The van der Waals surface area contributed by atoms with Gasteiger partial charge in [-0.15, -0.1) is 0 Å². The maximum atomic E-state index is 14.4. The van der Waals surface area contributed by atoms with E-state index in [0.29, 0.717) is 13.0 Å². The maximum absolute atomic E-state index is 14.4. The van der Waals surface area contributed by atoms with Crippen LogP contribution in [-0.4, -0.2) is 41.1 Å². The predicted molar refractivity (Wildman–Crippen MR) is 80.0 cm³/mol. The minimum absolute atomic E-state index is 0.258. The van der Waals surface area contributed by atoms with E-state index >= 15 is 0 Å². The highest BCUT2D eigenvalue weighted by Crippen LogP contribution is 2.70. The summed E-state index contributed by atoms with van der Waals surface area (Å²) >= 11 is 0. The van der Waals surface area contributed by atoms with Gasteiger partial charge in [-0.05, 0) is 24.1 Å². The summed E-state index contributed by atoms with van der Waals surface area (Å²) in [6.45, 7) is 2.23. The third-order valence-electron chi connectivity index (χ3n) is 4.68. The summed E-state index contributed by atoms with van der Waals surface area (Å²) in [6, 6.07) is 4.40. The number of halogens is 9. The minimum Gasteiger partial charge on any atom is -0.494 e. The maximum Gasteiger partial charge on any atom is 0.381 e. The molecule has 2 rings (SSSR count).